The van der Waals surface area contributed by atoms with Crippen molar-refractivity contribution in [1.82, 2.24) is 25.2 Å². The predicted molar refractivity (Wildman–Crippen MR) is 216 cm³/mol. The summed E-state index contributed by atoms with van der Waals surface area (Å²) in [6.45, 7) is 7.92. The van der Waals surface area contributed by atoms with Crippen molar-refractivity contribution < 1.29 is 29.0 Å². The van der Waals surface area contributed by atoms with Gasteiger partial charge in [0.05, 0.1) is 12.2 Å². The van der Waals surface area contributed by atoms with E-state index in [1.807, 2.05) is 67.3 Å². The van der Waals surface area contributed by atoms with Crippen LogP contribution in [0.4, 0.5) is 4.79 Å². The number of carbonyl (C=O) groups excluding carboxylic acids is 3. The molecule has 0 bridgehead atoms. The van der Waals surface area contributed by atoms with E-state index in [9.17, 15) is 19.5 Å². The minimum atomic E-state index is -0.789. The predicted octanol–water partition coefficient (Wildman–Crippen LogP) is 7.18. The lowest BCUT2D eigenvalue weighted by atomic mass is 9.83. The molecule has 2 heterocycles. The average Bonchev–Trinajstić information content (AvgIpc) is 3.21. The quantitative estimate of drug-likeness (QED) is 0.102. The molecule has 0 radical (unpaired) electrons. The number of ether oxygens (including phenoxy) is 2. The first-order chi connectivity index (χ1) is 26.7. The van der Waals surface area contributed by atoms with E-state index in [4.69, 9.17) is 9.47 Å². The van der Waals surface area contributed by atoms with Crippen molar-refractivity contribution >= 4 is 17.8 Å². The normalized spacial score (nSPS) is 17.1. The Morgan fingerprint density at radius 3 is 2.33 bits per heavy atom. The van der Waals surface area contributed by atoms with Crippen LogP contribution in [0.2, 0.25) is 0 Å². The first-order valence-corrected chi connectivity index (χ1v) is 21.1. The fraction of sp³-hybridized carbons (Fsp3) is 0.682. The SMILES string of the molecule is CCCC[C@@H](C(=O)NN(CCc1ccccn1)C(=O)[C@@H](C[C@@H](O)CCC1CCCCC1)C(C)C)N(CCc1ccccc1)C(=O)N1CCC(OCOC)CC1. The molecular formula is C44H69N5O6. The average molecular weight is 764 g/mol. The summed E-state index contributed by atoms with van der Waals surface area (Å²) in [6.07, 6.45) is 13.8. The third-order valence-electron chi connectivity index (χ3n) is 11.5. The Morgan fingerprint density at radius 2 is 1.67 bits per heavy atom. The fourth-order valence-electron chi connectivity index (χ4n) is 8.04. The van der Waals surface area contributed by atoms with Crippen LogP contribution in [0, 0.1) is 17.8 Å². The molecule has 55 heavy (non-hydrogen) atoms. The molecule has 0 unspecified atom stereocenters. The Hall–Kier alpha value is -3.54. The Kier molecular flexibility index (Phi) is 19.4. The summed E-state index contributed by atoms with van der Waals surface area (Å²) >= 11 is 0. The molecule has 4 rings (SSSR count). The van der Waals surface area contributed by atoms with E-state index in [-0.39, 0.29) is 43.2 Å². The molecule has 0 spiro atoms. The molecule has 1 aliphatic heterocycles. The highest BCUT2D eigenvalue weighted by atomic mass is 16.7. The Morgan fingerprint density at radius 1 is 0.945 bits per heavy atom. The molecule has 11 nitrogen and oxygen atoms in total. The highest BCUT2D eigenvalue weighted by Crippen LogP contribution is 2.30. The fourth-order valence-corrected chi connectivity index (χ4v) is 8.04. The number of unbranched alkanes of at least 4 members (excludes halogenated alkanes) is 1. The van der Waals surface area contributed by atoms with E-state index in [0.717, 1.165) is 30.5 Å². The van der Waals surface area contributed by atoms with Gasteiger partial charge in [-0.25, -0.2) is 4.79 Å². The Labute approximate surface area is 330 Å². The molecule has 1 aromatic carbocycles. The molecule has 2 N–H and O–H groups in total. The lowest BCUT2D eigenvalue weighted by Gasteiger charge is -2.39. The van der Waals surface area contributed by atoms with Gasteiger partial charge in [0.1, 0.15) is 12.8 Å². The van der Waals surface area contributed by atoms with Crippen molar-refractivity contribution in [3.8, 4) is 0 Å². The first kappa shape index (κ1) is 44.2. The monoisotopic (exact) mass is 764 g/mol. The maximum Gasteiger partial charge on any atom is 0.320 e. The molecule has 2 aromatic rings. The molecule has 11 heteroatoms. The number of methoxy groups -OCH3 is 1. The minimum Gasteiger partial charge on any atom is -0.393 e. The summed E-state index contributed by atoms with van der Waals surface area (Å²) in [5.74, 6) is -0.485. The number of hydrogen-bond donors (Lipinski definition) is 2. The number of carbonyl (C=O) groups is 3. The van der Waals surface area contributed by atoms with E-state index in [1.165, 1.54) is 37.1 Å². The topological polar surface area (TPSA) is 125 Å². The van der Waals surface area contributed by atoms with Gasteiger partial charge >= 0.3 is 6.03 Å². The molecule has 1 saturated heterocycles. The van der Waals surface area contributed by atoms with Crippen molar-refractivity contribution in [3.05, 3.63) is 66.0 Å². The molecule has 1 saturated carbocycles. The molecule has 306 valence electrons. The number of aliphatic hydroxyl groups is 1. The number of aliphatic hydroxyl groups excluding tert-OH is 1. The van der Waals surface area contributed by atoms with Crippen LogP contribution in [0.3, 0.4) is 0 Å². The molecule has 3 atom stereocenters. The number of urea groups is 1. The van der Waals surface area contributed by atoms with Crippen LogP contribution in [-0.4, -0.2) is 101 Å². The number of likely N-dealkylation sites (tertiary alicyclic amines) is 1. The van der Waals surface area contributed by atoms with Gasteiger partial charge in [-0.2, -0.15) is 0 Å². The van der Waals surface area contributed by atoms with Gasteiger partial charge in [-0.3, -0.25) is 25.0 Å². The zero-order valence-electron chi connectivity index (χ0n) is 34.1. The van der Waals surface area contributed by atoms with E-state index < -0.39 is 18.1 Å². The number of aromatic nitrogens is 1. The van der Waals surface area contributed by atoms with Gasteiger partial charge in [0.2, 0.25) is 5.91 Å². The van der Waals surface area contributed by atoms with Crippen LogP contribution in [0.5, 0.6) is 0 Å². The van der Waals surface area contributed by atoms with Crippen LogP contribution < -0.4 is 5.43 Å². The largest absolute Gasteiger partial charge is 0.393 e. The number of pyridine rings is 1. The summed E-state index contributed by atoms with van der Waals surface area (Å²) in [4.78, 5) is 51.7. The Bertz CT molecular complexity index is 1380. The molecule has 2 aliphatic rings. The third kappa shape index (κ3) is 14.8. The maximum absolute atomic E-state index is 14.7. The summed E-state index contributed by atoms with van der Waals surface area (Å²) in [5.41, 5.74) is 4.93. The van der Waals surface area contributed by atoms with Crippen LogP contribution in [0.25, 0.3) is 0 Å². The van der Waals surface area contributed by atoms with Crippen molar-refractivity contribution in [2.45, 2.75) is 135 Å². The van der Waals surface area contributed by atoms with Crippen molar-refractivity contribution in [2.75, 3.05) is 40.1 Å². The van der Waals surface area contributed by atoms with Crippen LogP contribution in [-0.2, 0) is 31.9 Å². The number of rotatable bonds is 21. The zero-order valence-corrected chi connectivity index (χ0v) is 34.1. The number of hydrazine groups is 1. The summed E-state index contributed by atoms with van der Waals surface area (Å²) in [7, 11) is 1.60. The number of nitrogens with zero attached hydrogens (tertiary/aromatic N) is 4. The standard InChI is InChI=1S/C44H69N5O6/c1-5-6-20-41(48(30-23-36-17-11-8-12-18-36)44(53)47-28-25-39(26-29-47)55-33-54-4)42(51)46-49(31-24-37-19-13-14-27-45-37)43(52)40(34(2)3)32-38(50)22-21-35-15-9-7-10-16-35/h8,11-14,17-19,27,34-35,38-41,50H,5-7,9-10,15-16,20-26,28-33H2,1-4H3,(H,46,51)/t38-,40-,41-/m0/s1. The summed E-state index contributed by atoms with van der Waals surface area (Å²) < 4.78 is 10.9. The molecular weight excluding hydrogens is 695 g/mol. The van der Waals surface area contributed by atoms with Crippen LogP contribution in [0.1, 0.15) is 115 Å². The van der Waals surface area contributed by atoms with Crippen molar-refractivity contribution in [2.24, 2.45) is 17.8 Å². The van der Waals surface area contributed by atoms with E-state index in [0.29, 0.717) is 70.5 Å². The maximum atomic E-state index is 14.7. The number of piperidine rings is 1. The van der Waals surface area contributed by atoms with Gasteiger partial charge in [-0.1, -0.05) is 102 Å². The number of hydrogen-bond acceptors (Lipinski definition) is 7. The molecule has 4 amide bonds. The minimum absolute atomic E-state index is 0.0133. The van der Waals surface area contributed by atoms with E-state index in [2.05, 4.69) is 17.3 Å². The van der Waals surface area contributed by atoms with Gasteiger partial charge in [-0.05, 0) is 74.5 Å². The van der Waals surface area contributed by atoms with Crippen molar-refractivity contribution in [1.29, 1.82) is 0 Å². The van der Waals surface area contributed by atoms with E-state index in [1.54, 1.807) is 18.2 Å². The summed E-state index contributed by atoms with van der Waals surface area (Å²) in [5, 5.41) is 12.7. The first-order valence-electron chi connectivity index (χ1n) is 21.1. The van der Waals surface area contributed by atoms with Crippen LogP contribution >= 0.6 is 0 Å². The van der Waals surface area contributed by atoms with Gasteiger partial charge < -0.3 is 24.4 Å². The zero-order chi connectivity index (χ0) is 39.4. The van der Waals surface area contributed by atoms with Crippen molar-refractivity contribution in [3.63, 3.8) is 0 Å². The third-order valence-corrected chi connectivity index (χ3v) is 11.5. The molecule has 1 aromatic heterocycles. The molecule has 2 fully saturated rings. The van der Waals surface area contributed by atoms with Gasteiger partial charge in [0.25, 0.3) is 5.91 Å². The summed E-state index contributed by atoms with van der Waals surface area (Å²) in [6, 6.07) is 14.7. The highest BCUT2D eigenvalue weighted by Gasteiger charge is 2.37. The second kappa shape index (κ2) is 24.2. The number of amides is 4. The van der Waals surface area contributed by atoms with E-state index >= 15 is 0 Å². The number of nitrogens with one attached hydrogen (secondary N) is 1. The van der Waals surface area contributed by atoms with Crippen LogP contribution in [0.15, 0.2) is 54.7 Å². The van der Waals surface area contributed by atoms with Gasteiger partial charge in [0.15, 0.2) is 0 Å². The number of benzene rings is 1. The molecule has 1 aliphatic carbocycles. The van der Waals surface area contributed by atoms with Gasteiger partial charge in [0, 0.05) is 57.5 Å². The van der Waals surface area contributed by atoms with Gasteiger partial charge in [-0.15, -0.1) is 0 Å². The second-order valence-corrected chi connectivity index (χ2v) is 16.0. The smallest absolute Gasteiger partial charge is 0.320 e. The lowest BCUT2D eigenvalue weighted by Crippen LogP contribution is -2.59. The second-order valence-electron chi connectivity index (χ2n) is 16.0. The highest BCUT2D eigenvalue weighted by molar-refractivity contribution is 5.89. The Balaban J connectivity index is 1.56. The lowest BCUT2D eigenvalue weighted by molar-refractivity contribution is -0.148.